The first-order valence-electron chi connectivity index (χ1n) is 8.15. The highest BCUT2D eigenvalue weighted by Gasteiger charge is 2.77. The van der Waals surface area contributed by atoms with E-state index in [1.54, 1.807) is 0 Å². The molecule has 1 spiro atoms. The maximum atomic E-state index is 12.8. The van der Waals surface area contributed by atoms with E-state index in [1.807, 2.05) is 13.8 Å². The van der Waals surface area contributed by atoms with Gasteiger partial charge in [0.2, 0.25) is 0 Å². The molecule has 0 aromatic rings. The van der Waals surface area contributed by atoms with Crippen LogP contribution < -0.4 is 0 Å². The summed E-state index contributed by atoms with van der Waals surface area (Å²) in [6.07, 6.45) is 5.34. The van der Waals surface area contributed by atoms with E-state index in [0.29, 0.717) is 18.1 Å². The quantitative estimate of drug-likeness (QED) is 0.642. The van der Waals surface area contributed by atoms with Crippen molar-refractivity contribution in [3.63, 3.8) is 0 Å². The Morgan fingerprint density at radius 1 is 1.05 bits per heavy atom. The summed E-state index contributed by atoms with van der Waals surface area (Å²) >= 11 is 0. The lowest BCUT2D eigenvalue weighted by Gasteiger charge is -2.64. The summed E-state index contributed by atoms with van der Waals surface area (Å²) in [7, 11) is 0. The van der Waals surface area contributed by atoms with Gasteiger partial charge >= 0.3 is 0 Å². The Morgan fingerprint density at radius 2 is 1.67 bits per heavy atom. The van der Waals surface area contributed by atoms with E-state index < -0.39 is 5.79 Å². The Balaban J connectivity index is 1.98. The summed E-state index contributed by atoms with van der Waals surface area (Å²) in [5.41, 5.74) is -0.442. The van der Waals surface area contributed by atoms with Crippen LogP contribution in [-0.2, 0) is 14.3 Å². The first-order chi connectivity index (χ1) is 9.56. The van der Waals surface area contributed by atoms with Gasteiger partial charge in [-0.1, -0.05) is 39.8 Å². The minimum Gasteiger partial charge on any atom is -0.344 e. The zero-order valence-electron chi connectivity index (χ0n) is 13.9. The van der Waals surface area contributed by atoms with Gasteiger partial charge in [-0.25, -0.2) is 0 Å². The number of Topliss-reactive ketones (excluding diaryl/α,β-unsaturated/α-hetero) is 1. The normalized spacial score (nSPS) is 55.6. The molecule has 1 heterocycles. The zero-order chi connectivity index (χ0) is 15.4. The SMILES string of the molecule is C[C@@H]1CC(=O)C2C(C)(C)[C@]3(C)C=C[C@@]21[C@H]1OC(C)(C)O[C@H]13. The molecule has 3 fully saturated rings. The van der Waals surface area contributed by atoms with E-state index in [0.717, 1.165) is 0 Å². The van der Waals surface area contributed by atoms with Gasteiger partial charge in [0.15, 0.2) is 5.79 Å². The smallest absolute Gasteiger partial charge is 0.163 e. The Kier molecular flexibility index (Phi) is 2.30. The van der Waals surface area contributed by atoms with Gasteiger partial charge in [-0.15, -0.1) is 0 Å². The fourth-order valence-corrected chi connectivity index (χ4v) is 5.86. The molecule has 1 unspecified atom stereocenters. The van der Waals surface area contributed by atoms with Gasteiger partial charge in [-0.05, 0) is 25.2 Å². The van der Waals surface area contributed by atoms with Crippen LogP contribution in [0, 0.1) is 28.1 Å². The molecule has 0 radical (unpaired) electrons. The van der Waals surface area contributed by atoms with Crippen molar-refractivity contribution in [2.45, 2.75) is 66.0 Å². The van der Waals surface area contributed by atoms with E-state index in [4.69, 9.17) is 9.47 Å². The lowest BCUT2D eigenvalue weighted by Crippen LogP contribution is -2.68. The van der Waals surface area contributed by atoms with Crippen molar-refractivity contribution in [3.8, 4) is 0 Å². The molecule has 2 bridgehead atoms. The third kappa shape index (κ3) is 1.28. The standard InChI is InChI=1S/C18H26O3/c1-10-9-11(19)12-15(2,3)17(6)7-8-18(10,12)14-13(17)20-16(4,5)21-14/h7-8,10,12-14H,9H2,1-6H3/t10-,12?,13-,14+,17-,18+/m1/s1. The molecule has 0 aromatic heterocycles. The summed E-state index contributed by atoms with van der Waals surface area (Å²) in [5.74, 6) is 0.218. The van der Waals surface area contributed by atoms with Gasteiger partial charge in [0.05, 0.1) is 12.2 Å². The van der Waals surface area contributed by atoms with Crippen LogP contribution in [0.5, 0.6) is 0 Å². The first kappa shape index (κ1) is 14.0. The highest BCUT2D eigenvalue weighted by atomic mass is 16.8. The second-order valence-electron chi connectivity index (χ2n) is 8.82. The molecule has 1 saturated heterocycles. The number of ether oxygens (including phenoxy) is 2. The van der Waals surface area contributed by atoms with Crippen LogP contribution in [-0.4, -0.2) is 23.8 Å². The predicted molar refractivity (Wildman–Crippen MR) is 79.6 cm³/mol. The average Bonchev–Trinajstić information content (AvgIpc) is 2.80. The molecule has 1 aliphatic heterocycles. The Bertz CT molecular complexity index is 561. The molecule has 4 aliphatic carbocycles. The maximum absolute atomic E-state index is 12.8. The summed E-state index contributed by atoms with van der Waals surface area (Å²) in [4.78, 5) is 12.8. The molecule has 3 heteroatoms. The minimum atomic E-state index is -0.564. The van der Waals surface area contributed by atoms with Crippen LogP contribution in [0.2, 0.25) is 0 Å². The van der Waals surface area contributed by atoms with Crippen molar-refractivity contribution < 1.29 is 14.3 Å². The number of hydrogen-bond acceptors (Lipinski definition) is 3. The summed E-state index contributed by atoms with van der Waals surface area (Å²) in [6, 6.07) is 0. The largest absolute Gasteiger partial charge is 0.344 e. The Hall–Kier alpha value is -0.670. The molecule has 5 rings (SSSR count). The van der Waals surface area contributed by atoms with Crippen molar-refractivity contribution in [2.24, 2.45) is 28.1 Å². The Morgan fingerprint density at radius 3 is 2.33 bits per heavy atom. The maximum Gasteiger partial charge on any atom is 0.163 e. The van der Waals surface area contributed by atoms with Gasteiger partial charge in [-0.2, -0.15) is 0 Å². The molecular weight excluding hydrogens is 264 g/mol. The van der Waals surface area contributed by atoms with Crippen LogP contribution in [0.15, 0.2) is 12.2 Å². The number of ketones is 1. The van der Waals surface area contributed by atoms with E-state index in [-0.39, 0.29) is 34.4 Å². The van der Waals surface area contributed by atoms with E-state index in [9.17, 15) is 4.79 Å². The van der Waals surface area contributed by atoms with Gasteiger partial charge in [-0.3, -0.25) is 4.79 Å². The molecule has 2 saturated carbocycles. The number of carbonyl (C=O) groups excluding carboxylic acids is 1. The minimum absolute atomic E-state index is 0.00183. The average molecular weight is 290 g/mol. The molecule has 5 aliphatic rings. The molecule has 6 atom stereocenters. The van der Waals surface area contributed by atoms with Crippen molar-refractivity contribution in [3.05, 3.63) is 12.2 Å². The highest BCUT2D eigenvalue weighted by molar-refractivity contribution is 5.87. The fraction of sp³-hybridized carbons (Fsp3) is 0.833. The number of carbonyl (C=O) groups is 1. The van der Waals surface area contributed by atoms with Crippen LogP contribution >= 0.6 is 0 Å². The fourth-order valence-electron chi connectivity index (χ4n) is 5.86. The second kappa shape index (κ2) is 3.46. The van der Waals surface area contributed by atoms with Crippen molar-refractivity contribution in [1.82, 2.24) is 0 Å². The molecule has 21 heavy (non-hydrogen) atoms. The highest BCUT2D eigenvalue weighted by Crippen LogP contribution is 2.73. The lowest BCUT2D eigenvalue weighted by molar-refractivity contribution is -0.179. The molecule has 0 aromatic carbocycles. The topological polar surface area (TPSA) is 35.5 Å². The summed E-state index contributed by atoms with van der Waals surface area (Å²) < 4.78 is 12.7. The summed E-state index contributed by atoms with van der Waals surface area (Å²) in [5, 5.41) is 0. The van der Waals surface area contributed by atoms with Crippen molar-refractivity contribution in [1.29, 1.82) is 0 Å². The van der Waals surface area contributed by atoms with Crippen LogP contribution in [0.3, 0.4) is 0 Å². The first-order valence-corrected chi connectivity index (χ1v) is 8.15. The van der Waals surface area contributed by atoms with Crippen molar-refractivity contribution >= 4 is 5.78 Å². The van der Waals surface area contributed by atoms with E-state index >= 15 is 0 Å². The van der Waals surface area contributed by atoms with E-state index in [1.165, 1.54) is 0 Å². The van der Waals surface area contributed by atoms with Gasteiger partial charge in [0, 0.05) is 23.2 Å². The van der Waals surface area contributed by atoms with E-state index in [2.05, 4.69) is 39.8 Å². The molecule has 0 amide bonds. The summed E-state index contributed by atoms with van der Waals surface area (Å²) in [6.45, 7) is 12.9. The van der Waals surface area contributed by atoms with Crippen LogP contribution in [0.25, 0.3) is 0 Å². The zero-order valence-corrected chi connectivity index (χ0v) is 13.9. The monoisotopic (exact) mass is 290 g/mol. The van der Waals surface area contributed by atoms with Crippen LogP contribution in [0.1, 0.15) is 48.0 Å². The number of rotatable bonds is 0. The van der Waals surface area contributed by atoms with Gasteiger partial charge in [0.25, 0.3) is 0 Å². The third-order valence-corrected chi connectivity index (χ3v) is 7.19. The second-order valence-corrected chi connectivity index (χ2v) is 8.82. The molecule has 0 N–H and O–H groups in total. The number of hydrogen-bond donors (Lipinski definition) is 0. The van der Waals surface area contributed by atoms with Gasteiger partial charge < -0.3 is 9.47 Å². The third-order valence-electron chi connectivity index (χ3n) is 7.19. The Labute approximate surface area is 127 Å². The van der Waals surface area contributed by atoms with Crippen LogP contribution in [0.4, 0.5) is 0 Å². The van der Waals surface area contributed by atoms with Gasteiger partial charge in [0.1, 0.15) is 5.78 Å². The van der Waals surface area contributed by atoms with Crippen molar-refractivity contribution in [2.75, 3.05) is 0 Å². The lowest BCUT2D eigenvalue weighted by atomic mass is 9.40. The molecule has 116 valence electrons. The molecular formula is C18H26O3. The predicted octanol–water partition coefficient (Wildman–Crippen LogP) is 3.33. The molecule has 3 nitrogen and oxygen atoms in total.